The molecular weight excluding hydrogens is 344 g/mol. The molecule has 1 unspecified atom stereocenters. The van der Waals surface area contributed by atoms with E-state index >= 15 is 0 Å². The van der Waals surface area contributed by atoms with Crippen molar-refractivity contribution < 1.29 is 14.4 Å². The Hall–Kier alpha value is -3.66. The van der Waals surface area contributed by atoms with Gasteiger partial charge in [-0.05, 0) is 42.5 Å². The van der Waals surface area contributed by atoms with Crippen LogP contribution in [-0.2, 0) is 14.4 Å². The molecule has 27 heavy (non-hydrogen) atoms. The van der Waals surface area contributed by atoms with Crippen LogP contribution in [-0.4, -0.2) is 24.3 Å². The Labute approximate surface area is 156 Å². The number of anilines is 3. The molecule has 136 valence electrons. The summed E-state index contributed by atoms with van der Waals surface area (Å²) in [4.78, 5) is 37.6. The standard InChI is InChI=1S/C20H18N4O3/c1-13(25)22-17-3-2-4-18(10-17)24-12-15(9-19(24)26)20(27)23-16-7-5-14(11-21)6-8-16/h2-8,10,15H,9,12H2,1H3,(H,22,25)(H,23,27). The molecule has 1 aliphatic heterocycles. The van der Waals surface area contributed by atoms with Gasteiger partial charge in [-0.15, -0.1) is 0 Å². The second kappa shape index (κ2) is 7.70. The van der Waals surface area contributed by atoms with Gasteiger partial charge in [0.05, 0.1) is 17.6 Å². The molecule has 2 aromatic rings. The molecule has 3 amide bonds. The van der Waals surface area contributed by atoms with E-state index in [1.165, 1.54) is 6.92 Å². The molecule has 1 aliphatic rings. The summed E-state index contributed by atoms with van der Waals surface area (Å²) in [6.07, 6.45) is 0.118. The van der Waals surface area contributed by atoms with E-state index in [1.54, 1.807) is 53.4 Å². The van der Waals surface area contributed by atoms with Crippen molar-refractivity contribution in [1.82, 2.24) is 0 Å². The minimum atomic E-state index is -0.474. The molecular formula is C20H18N4O3. The van der Waals surface area contributed by atoms with Crippen molar-refractivity contribution in [2.45, 2.75) is 13.3 Å². The molecule has 2 N–H and O–H groups in total. The first-order valence-electron chi connectivity index (χ1n) is 8.45. The van der Waals surface area contributed by atoms with Crippen molar-refractivity contribution in [3.63, 3.8) is 0 Å². The smallest absolute Gasteiger partial charge is 0.229 e. The van der Waals surface area contributed by atoms with Gasteiger partial charge in [-0.1, -0.05) is 6.07 Å². The molecule has 7 nitrogen and oxygen atoms in total. The van der Waals surface area contributed by atoms with E-state index in [4.69, 9.17) is 5.26 Å². The highest BCUT2D eigenvalue weighted by molar-refractivity contribution is 6.04. The van der Waals surface area contributed by atoms with E-state index in [2.05, 4.69) is 10.6 Å². The SMILES string of the molecule is CC(=O)Nc1cccc(N2CC(C(=O)Nc3ccc(C#N)cc3)CC2=O)c1. The maximum Gasteiger partial charge on any atom is 0.229 e. The molecule has 0 aliphatic carbocycles. The van der Waals surface area contributed by atoms with Gasteiger partial charge in [0, 0.05) is 37.0 Å². The summed E-state index contributed by atoms with van der Waals surface area (Å²) in [5, 5.41) is 14.3. The second-order valence-corrected chi connectivity index (χ2v) is 6.32. The predicted molar refractivity (Wildman–Crippen MR) is 101 cm³/mol. The van der Waals surface area contributed by atoms with Crippen molar-refractivity contribution in [3.05, 3.63) is 54.1 Å². The van der Waals surface area contributed by atoms with Crippen LogP contribution in [0.25, 0.3) is 0 Å². The number of hydrogen-bond acceptors (Lipinski definition) is 4. The third-order valence-electron chi connectivity index (χ3n) is 4.26. The predicted octanol–water partition coefficient (Wildman–Crippen LogP) is 2.51. The molecule has 0 saturated carbocycles. The Morgan fingerprint density at radius 3 is 2.52 bits per heavy atom. The number of carbonyl (C=O) groups is 3. The average Bonchev–Trinajstić information content (AvgIpc) is 3.04. The van der Waals surface area contributed by atoms with Gasteiger partial charge >= 0.3 is 0 Å². The van der Waals surface area contributed by atoms with Gasteiger partial charge in [0.15, 0.2) is 0 Å². The molecule has 1 heterocycles. The zero-order valence-corrected chi connectivity index (χ0v) is 14.7. The normalized spacial score (nSPS) is 15.9. The van der Waals surface area contributed by atoms with Crippen LogP contribution in [0.4, 0.5) is 17.1 Å². The minimum Gasteiger partial charge on any atom is -0.326 e. The Morgan fingerprint density at radius 1 is 1.11 bits per heavy atom. The maximum absolute atomic E-state index is 12.5. The molecule has 0 bridgehead atoms. The number of nitrogens with one attached hydrogen (secondary N) is 2. The van der Waals surface area contributed by atoms with Crippen LogP contribution in [0.15, 0.2) is 48.5 Å². The Bertz CT molecular complexity index is 931. The van der Waals surface area contributed by atoms with Crippen molar-refractivity contribution in [3.8, 4) is 6.07 Å². The van der Waals surface area contributed by atoms with Gasteiger partial charge in [0.25, 0.3) is 0 Å². The first-order valence-corrected chi connectivity index (χ1v) is 8.45. The van der Waals surface area contributed by atoms with E-state index < -0.39 is 5.92 Å². The summed E-state index contributed by atoms with van der Waals surface area (Å²) in [6, 6.07) is 15.5. The molecule has 1 saturated heterocycles. The third kappa shape index (κ3) is 4.30. The van der Waals surface area contributed by atoms with Crippen LogP contribution >= 0.6 is 0 Å². The number of rotatable bonds is 4. The molecule has 0 spiro atoms. The quantitative estimate of drug-likeness (QED) is 0.872. The summed E-state index contributed by atoms with van der Waals surface area (Å²) in [6.45, 7) is 1.68. The van der Waals surface area contributed by atoms with Crippen molar-refractivity contribution in [1.29, 1.82) is 5.26 Å². The van der Waals surface area contributed by atoms with Gasteiger partial charge in [0.1, 0.15) is 0 Å². The number of amides is 3. The first-order chi connectivity index (χ1) is 13.0. The fraction of sp³-hybridized carbons (Fsp3) is 0.200. The van der Waals surface area contributed by atoms with Crippen molar-refractivity contribution in [2.75, 3.05) is 22.1 Å². The highest BCUT2D eigenvalue weighted by atomic mass is 16.2. The molecule has 0 aromatic heterocycles. The largest absolute Gasteiger partial charge is 0.326 e. The second-order valence-electron chi connectivity index (χ2n) is 6.32. The zero-order valence-electron chi connectivity index (χ0n) is 14.7. The molecule has 3 rings (SSSR count). The van der Waals surface area contributed by atoms with E-state index in [-0.39, 0.29) is 30.7 Å². The number of nitriles is 1. The van der Waals surface area contributed by atoms with Gasteiger partial charge in [-0.2, -0.15) is 5.26 Å². The van der Waals surface area contributed by atoms with Gasteiger partial charge in [0.2, 0.25) is 17.7 Å². The summed E-state index contributed by atoms with van der Waals surface area (Å²) in [7, 11) is 0. The maximum atomic E-state index is 12.5. The number of hydrogen-bond donors (Lipinski definition) is 2. The molecule has 7 heteroatoms. The number of carbonyl (C=O) groups excluding carboxylic acids is 3. The van der Waals surface area contributed by atoms with Crippen LogP contribution in [0, 0.1) is 17.2 Å². The summed E-state index contributed by atoms with van der Waals surface area (Å²) in [5.74, 6) is -1.05. The highest BCUT2D eigenvalue weighted by Gasteiger charge is 2.35. The monoisotopic (exact) mass is 362 g/mol. The van der Waals surface area contributed by atoms with Gasteiger partial charge < -0.3 is 15.5 Å². The van der Waals surface area contributed by atoms with Crippen LogP contribution in [0.2, 0.25) is 0 Å². The van der Waals surface area contributed by atoms with Gasteiger partial charge in [-0.25, -0.2) is 0 Å². The lowest BCUT2D eigenvalue weighted by Crippen LogP contribution is -2.28. The van der Waals surface area contributed by atoms with Crippen molar-refractivity contribution in [2.24, 2.45) is 5.92 Å². The van der Waals surface area contributed by atoms with Crippen molar-refractivity contribution >= 4 is 34.8 Å². The topological polar surface area (TPSA) is 102 Å². The highest BCUT2D eigenvalue weighted by Crippen LogP contribution is 2.28. The van der Waals surface area contributed by atoms with Crippen LogP contribution < -0.4 is 15.5 Å². The number of nitrogens with zero attached hydrogens (tertiary/aromatic N) is 2. The minimum absolute atomic E-state index is 0.118. The fourth-order valence-electron chi connectivity index (χ4n) is 2.96. The van der Waals surface area contributed by atoms with E-state index in [0.29, 0.717) is 22.6 Å². The van der Waals surface area contributed by atoms with Gasteiger partial charge in [-0.3, -0.25) is 14.4 Å². The lowest BCUT2D eigenvalue weighted by atomic mass is 10.1. The molecule has 2 aromatic carbocycles. The number of benzene rings is 2. The molecule has 1 atom stereocenters. The zero-order chi connectivity index (χ0) is 19.4. The van der Waals surface area contributed by atoms with E-state index in [1.807, 2.05) is 6.07 Å². The first kappa shape index (κ1) is 18.1. The summed E-state index contributed by atoms with van der Waals surface area (Å²) >= 11 is 0. The summed E-state index contributed by atoms with van der Waals surface area (Å²) < 4.78 is 0. The molecule has 1 fully saturated rings. The average molecular weight is 362 g/mol. The van der Waals surface area contributed by atoms with Crippen LogP contribution in [0.3, 0.4) is 0 Å². The van der Waals surface area contributed by atoms with E-state index in [0.717, 1.165) is 0 Å². The Balaban J connectivity index is 1.68. The summed E-state index contributed by atoms with van der Waals surface area (Å²) in [5.41, 5.74) is 2.32. The Morgan fingerprint density at radius 2 is 1.85 bits per heavy atom. The lowest BCUT2D eigenvalue weighted by Gasteiger charge is -2.18. The van der Waals surface area contributed by atoms with Crippen LogP contribution in [0.1, 0.15) is 18.9 Å². The van der Waals surface area contributed by atoms with Crippen LogP contribution in [0.5, 0.6) is 0 Å². The molecule has 0 radical (unpaired) electrons. The van der Waals surface area contributed by atoms with E-state index in [9.17, 15) is 14.4 Å². The lowest BCUT2D eigenvalue weighted by molar-refractivity contribution is -0.122. The Kier molecular flexibility index (Phi) is 5.18. The third-order valence-corrected chi connectivity index (χ3v) is 4.26. The fourth-order valence-corrected chi connectivity index (χ4v) is 2.96.